The second-order valence-electron chi connectivity index (χ2n) is 10.1. The van der Waals surface area contributed by atoms with E-state index in [0.717, 1.165) is 35.2 Å². The molecule has 1 aliphatic rings. The number of fused-ring (bicyclic) bond motifs is 1. The number of halogens is 1. The molecule has 1 saturated carbocycles. The van der Waals surface area contributed by atoms with Crippen LogP contribution in [0.1, 0.15) is 44.8 Å². The fraction of sp³-hybridized carbons (Fsp3) is 0.188. The van der Waals surface area contributed by atoms with Gasteiger partial charge in [0.25, 0.3) is 11.8 Å². The van der Waals surface area contributed by atoms with E-state index in [9.17, 15) is 14.0 Å². The Labute approximate surface area is 235 Å². The maximum Gasteiger partial charge on any atom is 0.255 e. The maximum absolute atomic E-state index is 13.6. The molecule has 2 N–H and O–H groups in total. The third-order valence-corrected chi connectivity index (χ3v) is 7.52. The standard InChI is InChI=1S/C32H27FN4O4/c1-18-15-26(40-3)24(30(38)36-32(12-13-32)27-5-4-14-35-37-27)17-22(18)20-8-11-25-23(16-20)28(31(39)34-2)29(41-25)19-6-9-21(33)10-7-19/h4-11,14-17H,12-13H2,1-3H3,(H,34,39)(H,36,38). The largest absolute Gasteiger partial charge is 0.496 e. The monoisotopic (exact) mass is 550 g/mol. The van der Waals surface area contributed by atoms with E-state index in [2.05, 4.69) is 20.8 Å². The number of furan rings is 1. The lowest BCUT2D eigenvalue weighted by molar-refractivity contribution is 0.0924. The van der Waals surface area contributed by atoms with Gasteiger partial charge in [0, 0.05) is 24.2 Å². The molecule has 6 rings (SSSR count). The van der Waals surface area contributed by atoms with Crippen LogP contribution in [0, 0.1) is 12.7 Å². The van der Waals surface area contributed by atoms with Gasteiger partial charge in [0.15, 0.2) is 0 Å². The SMILES string of the molecule is CNC(=O)c1c(-c2ccc(F)cc2)oc2ccc(-c3cc(C(=O)NC4(c5cccnn5)CC4)c(OC)cc3C)cc12. The summed E-state index contributed by atoms with van der Waals surface area (Å²) in [6.45, 7) is 1.94. The number of rotatable bonds is 7. The van der Waals surface area contributed by atoms with Crippen LogP contribution in [0.4, 0.5) is 4.39 Å². The smallest absolute Gasteiger partial charge is 0.255 e. The summed E-state index contributed by atoms with van der Waals surface area (Å²) >= 11 is 0. The van der Waals surface area contributed by atoms with E-state index >= 15 is 0 Å². The fourth-order valence-electron chi connectivity index (χ4n) is 5.17. The molecule has 206 valence electrons. The Kier molecular flexibility index (Phi) is 6.49. The Hall–Kier alpha value is -5.05. The van der Waals surface area contributed by atoms with Gasteiger partial charge in [-0.05, 0) is 97.1 Å². The highest BCUT2D eigenvalue weighted by Gasteiger charge is 2.47. The molecular weight excluding hydrogens is 523 g/mol. The van der Waals surface area contributed by atoms with Crippen molar-refractivity contribution in [3.05, 3.63) is 101 Å². The molecule has 2 amide bonds. The average molecular weight is 551 g/mol. The highest BCUT2D eigenvalue weighted by molar-refractivity contribution is 6.12. The van der Waals surface area contributed by atoms with Crippen LogP contribution in [0.25, 0.3) is 33.4 Å². The van der Waals surface area contributed by atoms with Crippen LogP contribution in [-0.4, -0.2) is 36.2 Å². The molecule has 0 spiro atoms. The lowest BCUT2D eigenvalue weighted by atomic mass is 9.95. The molecule has 9 heteroatoms. The summed E-state index contributed by atoms with van der Waals surface area (Å²) in [6, 6.07) is 18.6. The number of methoxy groups -OCH3 is 1. The van der Waals surface area contributed by atoms with Crippen molar-refractivity contribution in [1.82, 2.24) is 20.8 Å². The summed E-state index contributed by atoms with van der Waals surface area (Å²) in [4.78, 5) is 26.6. The molecule has 2 heterocycles. The number of hydrogen-bond acceptors (Lipinski definition) is 6. The van der Waals surface area contributed by atoms with Gasteiger partial charge in [0.05, 0.1) is 29.5 Å². The van der Waals surface area contributed by atoms with Gasteiger partial charge in [-0.15, -0.1) is 0 Å². The number of nitrogens with one attached hydrogen (secondary N) is 2. The van der Waals surface area contributed by atoms with Crippen molar-refractivity contribution in [3.63, 3.8) is 0 Å². The molecule has 0 saturated heterocycles. The molecule has 41 heavy (non-hydrogen) atoms. The van der Waals surface area contributed by atoms with E-state index < -0.39 is 5.54 Å². The van der Waals surface area contributed by atoms with Crippen molar-refractivity contribution in [1.29, 1.82) is 0 Å². The van der Waals surface area contributed by atoms with Crippen LogP contribution >= 0.6 is 0 Å². The summed E-state index contributed by atoms with van der Waals surface area (Å²) in [7, 11) is 3.08. The number of nitrogens with zero attached hydrogens (tertiary/aromatic N) is 2. The summed E-state index contributed by atoms with van der Waals surface area (Å²) in [5.74, 6) is -0.187. The number of ether oxygens (including phenoxy) is 1. The van der Waals surface area contributed by atoms with E-state index in [4.69, 9.17) is 9.15 Å². The first-order valence-electron chi connectivity index (χ1n) is 13.2. The average Bonchev–Trinajstić information content (AvgIpc) is 3.68. The molecule has 0 atom stereocenters. The predicted molar refractivity (Wildman–Crippen MR) is 152 cm³/mol. The Bertz CT molecular complexity index is 1790. The number of benzene rings is 3. The Morgan fingerprint density at radius 3 is 2.41 bits per heavy atom. The van der Waals surface area contributed by atoms with E-state index in [1.165, 1.54) is 19.2 Å². The Morgan fingerprint density at radius 1 is 1.00 bits per heavy atom. The molecule has 2 aromatic heterocycles. The van der Waals surface area contributed by atoms with Crippen molar-refractivity contribution in [2.24, 2.45) is 0 Å². The number of carbonyl (C=O) groups is 2. The zero-order valence-electron chi connectivity index (χ0n) is 22.7. The van der Waals surface area contributed by atoms with E-state index in [1.807, 2.05) is 31.2 Å². The number of aromatic nitrogens is 2. The van der Waals surface area contributed by atoms with Crippen LogP contribution in [0.2, 0.25) is 0 Å². The maximum atomic E-state index is 13.6. The van der Waals surface area contributed by atoms with E-state index in [-0.39, 0.29) is 17.6 Å². The lowest BCUT2D eigenvalue weighted by Crippen LogP contribution is -2.35. The van der Waals surface area contributed by atoms with Gasteiger partial charge in [-0.25, -0.2) is 4.39 Å². The molecule has 0 aliphatic heterocycles. The van der Waals surface area contributed by atoms with E-state index in [0.29, 0.717) is 39.2 Å². The lowest BCUT2D eigenvalue weighted by Gasteiger charge is -2.19. The number of aryl methyl sites for hydroxylation is 1. The van der Waals surface area contributed by atoms with Crippen LogP contribution in [0.5, 0.6) is 5.75 Å². The fourth-order valence-corrected chi connectivity index (χ4v) is 5.17. The highest BCUT2D eigenvalue weighted by Crippen LogP contribution is 2.45. The number of hydrogen-bond donors (Lipinski definition) is 2. The summed E-state index contributed by atoms with van der Waals surface area (Å²) < 4.78 is 25.3. The zero-order chi connectivity index (χ0) is 28.7. The molecular formula is C32H27FN4O4. The minimum absolute atomic E-state index is 0.278. The highest BCUT2D eigenvalue weighted by atomic mass is 19.1. The van der Waals surface area contributed by atoms with Gasteiger partial charge in [-0.1, -0.05) is 6.07 Å². The first kappa shape index (κ1) is 26.2. The quantitative estimate of drug-likeness (QED) is 0.266. The van der Waals surface area contributed by atoms with Gasteiger partial charge in [-0.2, -0.15) is 10.2 Å². The van der Waals surface area contributed by atoms with Crippen LogP contribution < -0.4 is 15.4 Å². The summed E-state index contributed by atoms with van der Waals surface area (Å²) in [5, 5.41) is 14.6. The van der Waals surface area contributed by atoms with Crippen molar-refractivity contribution in [2.75, 3.05) is 14.2 Å². The molecule has 0 bridgehead atoms. The van der Waals surface area contributed by atoms with Gasteiger partial charge in [0.2, 0.25) is 0 Å². The molecule has 1 fully saturated rings. The van der Waals surface area contributed by atoms with Crippen LogP contribution in [-0.2, 0) is 5.54 Å². The van der Waals surface area contributed by atoms with Gasteiger partial charge >= 0.3 is 0 Å². The van der Waals surface area contributed by atoms with Crippen molar-refractivity contribution in [3.8, 4) is 28.2 Å². The topological polar surface area (TPSA) is 106 Å². The van der Waals surface area contributed by atoms with Crippen molar-refractivity contribution < 1.29 is 23.1 Å². The summed E-state index contributed by atoms with van der Waals surface area (Å²) in [6.07, 6.45) is 3.15. The first-order chi connectivity index (χ1) is 19.8. The third kappa shape index (κ3) is 4.69. The van der Waals surface area contributed by atoms with Crippen LogP contribution in [0.3, 0.4) is 0 Å². The molecule has 1 aliphatic carbocycles. The first-order valence-corrected chi connectivity index (χ1v) is 13.2. The second-order valence-corrected chi connectivity index (χ2v) is 10.1. The molecule has 3 aromatic carbocycles. The zero-order valence-corrected chi connectivity index (χ0v) is 22.7. The Balaban J connectivity index is 1.43. The third-order valence-electron chi connectivity index (χ3n) is 7.52. The second kappa shape index (κ2) is 10.2. The predicted octanol–water partition coefficient (Wildman–Crippen LogP) is 5.79. The molecule has 8 nitrogen and oxygen atoms in total. The molecule has 0 unspecified atom stereocenters. The van der Waals surface area contributed by atoms with Crippen LogP contribution in [0.15, 0.2) is 77.3 Å². The van der Waals surface area contributed by atoms with Gasteiger partial charge < -0.3 is 19.8 Å². The minimum Gasteiger partial charge on any atom is -0.496 e. The summed E-state index contributed by atoms with van der Waals surface area (Å²) in [5.41, 5.74) is 4.48. The number of amides is 2. The number of carbonyl (C=O) groups excluding carboxylic acids is 2. The Morgan fingerprint density at radius 2 is 1.76 bits per heavy atom. The minimum atomic E-state index is -0.545. The molecule has 5 aromatic rings. The van der Waals surface area contributed by atoms with E-state index in [1.54, 1.807) is 43.6 Å². The van der Waals surface area contributed by atoms with Crippen molar-refractivity contribution >= 4 is 22.8 Å². The van der Waals surface area contributed by atoms with Gasteiger partial charge in [-0.3, -0.25) is 9.59 Å². The van der Waals surface area contributed by atoms with Gasteiger partial charge in [0.1, 0.15) is 22.9 Å². The molecule has 0 radical (unpaired) electrons. The van der Waals surface area contributed by atoms with Crippen molar-refractivity contribution in [2.45, 2.75) is 25.3 Å². The normalized spacial score (nSPS) is 13.6.